The summed E-state index contributed by atoms with van der Waals surface area (Å²) in [6, 6.07) is 15.9. The number of primary amides is 1. The number of benzene rings is 2. The average molecular weight is 389 g/mol. The van der Waals surface area contributed by atoms with Gasteiger partial charge in [-0.3, -0.25) is 4.79 Å². The number of para-hydroxylation sites is 1. The van der Waals surface area contributed by atoms with Gasteiger partial charge in [0, 0.05) is 23.2 Å². The molecular formula is C24H27N3O2. The molecule has 3 atom stereocenters. The van der Waals surface area contributed by atoms with E-state index in [1.807, 2.05) is 54.7 Å². The molecule has 0 bridgehead atoms. The molecule has 1 aliphatic heterocycles. The number of amides is 1. The summed E-state index contributed by atoms with van der Waals surface area (Å²) in [7, 11) is 0. The molecule has 5 heteroatoms. The maximum Gasteiger partial charge on any atom is 0.252 e. The van der Waals surface area contributed by atoms with E-state index in [9.17, 15) is 4.79 Å². The second-order valence-corrected chi connectivity index (χ2v) is 8.30. The van der Waals surface area contributed by atoms with E-state index in [1.165, 1.54) is 0 Å². The Bertz CT molecular complexity index is 981. The van der Waals surface area contributed by atoms with E-state index in [2.05, 4.69) is 37.2 Å². The van der Waals surface area contributed by atoms with Crippen LogP contribution in [0.3, 0.4) is 0 Å². The van der Waals surface area contributed by atoms with Crippen LogP contribution in [0, 0.1) is 17.8 Å². The van der Waals surface area contributed by atoms with E-state index in [0.29, 0.717) is 29.8 Å². The molecule has 29 heavy (non-hydrogen) atoms. The monoisotopic (exact) mass is 389 g/mol. The largest absolute Gasteiger partial charge is 0.492 e. The molecule has 2 aromatic carbocycles. The van der Waals surface area contributed by atoms with Crippen molar-refractivity contribution in [3.05, 3.63) is 71.9 Å². The summed E-state index contributed by atoms with van der Waals surface area (Å²) in [6.45, 7) is 6.90. The Balaban J connectivity index is 1.63. The van der Waals surface area contributed by atoms with Gasteiger partial charge in [0.2, 0.25) is 0 Å². The number of hydrogen-bond donors (Lipinski definition) is 2. The van der Waals surface area contributed by atoms with E-state index in [4.69, 9.17) is 10.5 Å². The third-order valence-electron chi connectivity index (χ3n) is 5.88. The van der Waals surface area contributed by atoms with E-state index in [-0.39, 0.29) is 11.3 Å². The lowest BCUT2D eigenvalue weighted by molar-refractivity contribution is 0.0995. The van der Waals surface area contributed by atoms with Crippen LogP contribution >= 0.6 is 0 Å². The summed E-state index contributed by atoms with van der Waals surface area (Å²) in [4.78, 5) is 16.7. The van der Waals surface area contributed by atoms with Crippen molar-refractivity contribution in [3.8, 4) is 5.75 Å². The van der Waals surface area contributed by atoms with Crippen molar-refractivity contribution in [1.29, 1.82) is 0 Å². The summed E-state index contributed by atoms with van der Waals surface area (Å²) in [5.41, 5.74) is 8.01. The highest BCUT2D eigenvalue weighted by molar-refractivity contribution is 6.03. The second-order valence-electron chi connectivity index (χ2n) is 8.30. The van der Waals surface area contributed by atoms with Crippen molar-refractivity contribution < 1.29 is 9.53 Å². The summed E-state index contributed by atoms with van der Waals surface area (Å²) in [5.74, 6) is 1.99. The molecular weight excluding hydrogens is 362 g/mol. The summed E-state index contributed by atoms with van der Waals surface area (Å²) in [6.07, 6.45) is 4.01. The van der Waals surface area contributed by atoms with E-state index < -0.39 is 5.91 Å². The smallest absolute Gasteiger partial charge is 0.252 e. The van der Waals surface area contributed by atoms with Gasteiger partial charge in [-0.2, -0.15) is 0 Å². The molecule has 1 heterocycles. The molecule has 0 aromatic heterocycles. The van der Waals surface area contributed by atoms with Crippen LogP contribution in [-0.2, 0) is 5.41 Å². The molecule has 150 valence electrons. The molecule has 5 nitrogen and oxygen atoms in total. The Labute approximate surface area is 171 Å². The zero-order valence-electron chi connectivity index (χ0n) is 17.1. The molecule has 3 N–H and O–H groups in total. The number of nitrogens with one attached hydrogen (secondary N) is 1. The molecule has 3 unspecified atom stereocenters. The zero-order chi connectivity index (χ0) is 20.6. The molecule has 1 amide bonds. The van der Waals surface area contributed by atoms with Gasteiger partial charge in [-0.1, -0.05) is 51.1 Å². The number of rotatable bonds is 6. The van der Waals surface area contributed by atoms with Crippen LogP contribution in [0.4, 0.5) is 5.69 Å². The molecule has 1 saturated carbocycles. The Morgan fingerprint density at radius 3 is 2.69 bits per heavy atom. The van der Waals surface area contributed by atoms with Gasteiger partial charge in [0.05, 0.1) is 12.2 Å². The minimum atomic E-state index is -0.469. The van der Waals surface area contributed by atoms with E-state index in [1.54, 1.807) is 0 Å². The van der Waals surface area contributed by atoms with E-state index >= 15 is 0 Å². The van der Waals surface area contributed by atoms with Crippen molar-refractivity contribution in [1.82, 2.24) is 0 Å². The number of nitrogens with zero attached hydrogens (tertiary/aromatic N) is 1. The molecule has 1 fully saturated rings. The molecule has 0 spiro atoms. The predicted molar refractivity (Wildman–Crippen MR) is 116 cm³/mol. The number of hydrogen-bond acceptors (Lipinski definition) is 4. The van der Waals surface area contributed by atoms with Crippen LogP contribution < -0.4 is 15.8 Å². The fourth-order valence-corrected chi connectivity index (χ4v) is 4.32. The summed E-state index contributed by atoms with van der Waals surface area (Å²) in [5, 5.41) is 3.46. The van der Waals surface area contributed by atoms with Crippen LogP contribution in [-0.4, -0.2) is 18.3 Å². The molecule has 4 rings (SSSR count). The number of allylic oxidation sites excluding steroid dienone is 1. The summed E-state index contributed by atoms with van der Waals surface area (Å²) >= 11 is 0. The third kappa shape index (κ3) is 3.41. The lowest BCUT2D eigenvalue weighted by Crippen LogP contribution is -2.23. The minimum absolute atomic E-state index is 0.181. The Hall–Kier alpha value is -3.08. The van der Waals surface area contributed by atoms with Crippen LogP contribution in [0.1, 0.15) is 36.7 Å². The van der Waals surface area contributed by atoms with Gasteiger partial charge in [0.25, 0.3) is 5.91 Å². The van der Waals surface area contributed by atoms with E-state index in [0.717, 1.165) is 17.1 Å². The van der Waals surface area contributed by atoms with Crippen molar-refractivity contribution in [3.63, 3.8) is 0 Å². The Morgan fingerprint density at radius 1 is 1.24 bits per heavy atom. The minimum Gasteiger partial charge on any atom is -0.492 e. The number of carbonyl (C=O) groups excluding carboxylic acids is 1. The topological polar surface area (TPSA) is 76.7 Å². The van der Waals surface area contributed by atoms with Gasteiger partial charge in [0.1, 0.15) is 11.6 Å². The zero-order valence-corrected chi connectivity index (χ0v) is 17.1. The number of amidine groups is 1. The first-order valence-corrected chi connectivity index (χ1v) is 10.1. The maximum absolute atomic E-state index is 12.1. The van der Waals surface area contributed by atoms with Gasteiger partial charge in [-0.15, -0.1) is 0 Å². The van der Waals surface area contributed by atoms with Gasteiger partial charge in [-0.25, -0.2) is 4.99 Å². The number of nitrogens with two attached hydrogens (primary N) is 1. The highest BCUT2D eigenvalue weighted by atomic mass is 16.5. The van der Waals surface area contributed by atoms with Crippen molar-refractivity contribution in [2.24, 2.45) is 28.5 Å². The lowest BCUT2D eigenvalue weighted by atomic mass is 9.89. The SMILES string of the molecule is CC(C)COc1ccc(C23C=CN=C(Nc4ccccc4)C2C3C)cc1C(N)=O. The summed E-state index contributed by atoms with van der Waals surface area (Å²) < 4.78 is 5.82. The average Bonchev–Trinajstić information content (AvgIpc) is 3.34. The fraction of sp³-hybridized carbons (Fsp3) is 0.333. The quantitative estimate of drug-likeness (QED) is 0.770. The molecule has 1 aliphatic carbocycles. The van der Waals surface area contributed by atoms with Gasteiger partial charge < -0.3 is 15.8 Å². The normalized spacial score (nSPS) is 24.6. The fourth-order valence-electron chi connectivity index (χ4n) is 4.32. The maximum atomic E-state index is 12.1. The molecule has 2 aromatic rings. The van der Waals surface area contributed by atoms with Crippen LogP contribution in [0.15, 0.2) is 65.8 Å². The highest BCUT2D eigenvalue weighted by Crippen LogP contribution is 2.63. The van der Waals surface area contributed by atoms with Crippen LogP contribution in [0.25, 0.3) is 0 Å². The number of fused-ring (bicyclic) bond motifs is 1. The molecule has 0 radical (unpaired) electrons. The Kier molecular flexibility index (Phi) is 4.91. The second kappa shape index (κ2) is 7.39. The van der Waals surface area contributed by atoms with Gasteiger partial charge in [0.15, 0.2) is 0 Å². The lowest BCUT2D eigenvalue weighted by Gasteiger charge is -2.20. The Morgan fingerprint density at radius 2 is 2.00 bits per heavy atom. The van der Waals surface area contributed by atoms with Gasteiger partial charge in [-0.05, 0) is 41.7 Å². The van der Waals surface area contributed by atoms with Crippen LogP contribution in [0.2, 0.25) is 0 Å². The standard InChI is InChI=1S/C24H27N3O2/c1-15(2)14-29-20-10-9-17(13-19(20)22(25)28)24-11-12-26-23(21(24)16(24)3)27-18-7-5-4-6-8-18/h4-13,15-16,21H,14H2,1-3H3,(H2,25,28)(H,26,27). The van der Waals surface area contributed by atoms with Crippen molar-refractivity contribution >= 4 is 17.4 Å². The van der Waals surface area contributed by atoms with Crippen molar-refractivity contribution in [2.45, 2.75) is 26.2 Å². The van der Waals surface area contributed by atoms with Crippen molar-refractivity contribution in [2.75, 3.05) is 11.9 Å². The number of aliphatic imine (C=N–C) groups is 1. The van der Waals surface area contributed by atoms with Gasteiger partial charge >= 0.3 is 0 Å². The number of carbonyl (C=O) groups is 1. The number of anilines is 1. The first-order chi connectivity index (χ1) is 13.9. The predicted octanol–water partition coefficient (Wildman–Crippen LogP) is 4.36. The highest BCUT2D eigenvalue weighted by Gasteiger charge is 2.64. The third-order valence-corrected chi connectivity index (χ3v) is 5.88. The first-order valence-electron chi connectivity index (χ1n) is 10.1. The van der Waals surface area contributed by atoms with Crippen LogP contribution in [0.5, 0.6) is 5.75 Å². The molecule has 2 aliphatic rings. The number of ether oxygens (including phenoxy) is 1. The molecule has 0 saturated heterocycles. The first kappa shape index (κ1) is 19.2.